The fourth-order valence-corrected chi connectivity index (χ4v) is 2.70. The van der Waals surface area contributed by atoms with Crippen molar-refractivity contribution in [2.45, 2.75) is 23.2 Å². The van der Waals surface area contributed by atoms with Gasteiger partial charge in [-0.05, 0) is 42.8 Å². The average Bonchev–Trinajstić information content (AvgIpc) is 2.72. The monoisotopic (exact) mass is 281 g/mol. The molecule has 2 rings (SSSR count). The predicted molar refractivity (Wildman–Crippen MR) is 64.8 cm³/mol. The predicted octanol–water partition coefficient (Wildman–Crippen LogP) is 4.55. The Balaban J connectivity index is 2.22. The number of nitrogens with zero attached hydrogens (tertiary/aromatic N) is 1. The van der Waals surface area contributed by atoms with Gasteiger partial charge in [-0.25, -0.2) is 0 Å². The molecule has 1 aromatic carbocycles. The van der Waals surface area contributed by atoms with Gasteiger partial charge in [-0.3, -0.25) is 0 Å². The lowest BCUT2D eigenvalue weighted by Crippen LogP contribution is -2.18. The molecule has 0 amide bonds. The molecule has 0 spiro atoms. The molecule has 1 saturated heterocycles. The van der Waals surface area contributed by atoms with Crippen molar-refractivity contribution in [3.8, 4) is 0 Å². The van der Waals surface area contributed by atoms with E-state index in [0.29, 0.717) is 10.7 Å². The van der Waals surface area contributed by atoms with Gasteiger partial charge in [-0.1, -0.05) is 11.6 Å². The molecule has 0 radical (unpaired) electrons. The number of anilines is 1. The maximum absolute atomic E-state index is 12.3. The SMILES string of the molecule is FC(F)(F)Sc1ccc(Cl)c(N2CCCC2)c1. The van der Waals surface area contributed by atoms with Crippen molar-refractivity contribution in [2.75, 3.05) is 18.0 Å². The quantitative estimate of drug-likeness (QED) is 0.732. The fraction of sp³-hybridized carbons (Fsp3) is 0.455. The summed E-state index contributed by atoms with van der Waals surface area (Å²) in [6.07, 6.45) is 2.12. The van der Waals surface area contributed by atoms with Gasteiger partial charge >= 0.3 is 5.51 Å². The normalized spacial score (nSPS) is 16.6. The minimum absolute atomic E-state index is 0.103. The van der Waals surface area contributed by atoms with Gasteiger partial charge in [0.1, 0.15) is 0 Å². The molecular weight excluding hydrogens is 271 g/mol. The number of hydrogen-bond acceptors (Lipinski definition) is 2. The minimum Gasteiger partial charge on any atom is -0.370 e. The Bertz CT molecular complexity index is 402. The number of alkyl halides is 3. The van der Waals surface area contributed by atoms with E-state index in [0.717, 1.165) is 25.9 Å². The number of benzene rings is 1. The summed E-state index contributed by atoms with van der Waals surface area (Å²) in [6.45, 7) is 1.72. The molecule has 0 N–H and O–H groups in total. The molecule has 0 bridgehead atoms. The van der Waals surface area contributed by atoms with E-state index in [1.165, 1.54) is 18.2 Å². The van der Waals surface area contributed by atoms with Crippen LogP contribution < -0.4 is 4.90 Å². The highest BCUT2D eigenvalue weighted by Gasteiger charge is 2.29. The minimum atomic E-state index is -4.25. The molecule has 17 heavy (non-hydrogen) atoms. The molecule has 1 aliphatic heterocycles. The highest BCUT2D eigenvalue weighted by Crippen LogP contribution is 2.40. The first-order chi connectivity index (χ1) is 7.96. The number of halogens is 4. The van der Waals surface area contributed by atoms with Crippen LogP contribution in [0.4, 0.5) is 18.9 Å². The van der Waals surface area contributed by atoms with Crippen molar-refractivity contribution in [2.24, 2.45) is 0 Å². The third-order valence-corrected chi connectivity index (χ3v) is 3.64. The molecule has 94 valence electrons. The summed E-state index contributed by atoms with van der Waals surface area (Å²) in [5.41, 5.74) is -3.55. The van der Waals surface area contributed by atoms with E-state index in [1.807, 2.05) is 4.90 Å². The Hall–Kier alpha value is -0.550. The van der Waals surface area contributed by atoms with Crippen LogP contribution in [0.15, 0.2) is 23.1 Å². The summed E-state index contributed by atoms with van der Waals surface area (Å²) in [7, 11) is 0. The van der Waals surface area contributed by atoms with Crippen LogP contribution in [0.1, 0.15) is 12.8 Å². The van der Waals surface area contributed by atoms with Crippen LogP contribution >= 0.6 is 23.4 Å². The van der Waals surface area contributed by atoms with Crippen molar-refractivity contribution >= 4 is 29.1 Å². The maximum Gasteiger partial charge on any atom is 0.446 e. The molecule has 1 nitrogen and oxygen atoms in total. The fourth-order valence-electron chi connectivity index (χ4n) is 1.89. The van der Waals surface area contributed by atoms with Gasteiger partial charge in [0.2, 0.25) is 0 Å². The van der Waals surface area contributed by atoms with Gasteiger partial charge in [0.25, 0.3) is 0 Å². The molecule has 0 saturated carbocycles. The van der Waals surface area contributed by atoms with E-state index in [4.69, 9.17) is 11.6 Å². The van der Waals surface area contributed by atoms with E-state index in [9.17, 15) is 13.2 Å². The van der Waals surface area contributed by atoms with Crippen LogP contribution in [0.25, 0.3) is 0 Å². The molecule has 0 aromatic heterocycles. The summed E-state index contributed by atoms with van der Waals surface area (Å²) < 4.78 is 36.8. The van der Waals surface area contributed by atoms with Crippen molar-refractivity contribution in [1.29, 1.82) is 0 Å². The van der Waals surface area contributed by atoms with Gasteiger partial charge in [0.05, 0.1) is 10.7 Å². The second kappa shape index (κ2) is 4.98. The van der Waals surface area contributed by atoms with Crippen molar-refractivity contribution in [3.05, 3.63) is 23.2 Å². The van der Waals surface area contributed by atoms with E-state index in [1.54, 1.807) is 0 Å². The lowest BCUT2D eigenvalue weighted by molar-refractivity contribution is -0.0328. The third kappa shape index (κ3) is 3.45. The highest BCUT2D eigenvalue weighted by atomic mass is 35.5. The standard InChI is InChI=1S/C11H11ClF3NS/c12-9-4-3-8(17-11(13,14)15)7-10(9)16-5-1-2-6-16/h3-4,7H,1-2,5-6H2. The smallest absolute Gasteiger partial charge is 0.370 e. The first-order valence-electron chi connectivity index (χ1n) is 5.26. The summed E-state index contributed by atoms with van der Waals surface area (Å²) in [5.74, 6) is 0. The van der Waals surface area contributed by atoms with Gasteiger partial charge in [-0.15, -0.1) is 0 Å². The van der Waals surface area contributed by atoms with Gasteiger partial charge < -0.3 is 4.90 Å². The van der Waals surface area contributed by atoms with Crippen LogP contribution in [0, 0.1) is 0 Å². The van der Waals surface area contributed by atoms with Crippen LogP contribution in [-0.2, 0) is 0 Å². The third-order valence-electron chi connectivity index (χ3n) is 2.60. The Morgan fingerprint density at radius 1 is 1.18 bits per heavy atom. The van der Waals surface area contributed by atoms with Crippen LogP contribution in [0.3, 0.4) is 0 Å². The zero-order valence-corrected chi connectivity index (χ0v) is 10.5. The number of rotatable bonds is 2. The van der Waals surface area contributed by atoms with Crippen molar-refractivity contribution in [3.63, 3.8) is 0 Å². The van der Waals surface area contributed by atoms with E-state index in [2.05, 4.69) is 0 Å². The lowest BCUT2D eigenvalue weighted by atomic mass is 10.3. The zero-order valence-electron chi connectivity index (χ0n) is 8.93. The second-order valence-electron chi connectivity index (χ2n) is 3.86. The van der Waals surface area contributed by atoms with Gasteiger partial charge in [0.15, 0.2) is 0 Å². The molecule has 0 aliphatic carbocycles. The van der Waals surface area contributed by atoms with Crippen LogP contribution in [-0.4, -0.2) is 18.6 Å². The Labute approximate surface area is 107 Å². The Morgan fingerprint density at radius 2 is 1.82 bits per heavy atom. The first kappa shape index (κ1) is 12.9. The lowest BCUT2D eigenvalue weighted by Gasteiger charge is -2.20. The molecule has 1 aromatic rings. The zero-order chi connectivity index (χ0) is 12.5. The Kier molecular flexibility index (Phi) is 3.78. The Morgan fingerprint density at radius 3 is 2.41 bits per heavy atom. The molecule has 1 fully saturated rings. The van der Waals surface area contributed by atoms with E-state index in [-0.39, 0.29) is 16.7 Å². The van der Waals surface area contributed by atoms with Crippen LogP contribution in [0.2, 0.25) is 5.02 Å². The average molecular weight is 282 g/mol. The summed E-state index contributed by atoms with van der Waals surface area (Å²) in [6, 6.07) is 4.45. The molecule has 0 unspecified atom stereocenters. The van der Waals surface area contributed by atoms with Crippen molar-refractivity contribution < 1.29 is 13.2 Å². The van der Waals surface area contributed by atoms with Crippen LogP contribution in [0.5, 0.6) is 0 Å². The number of thioether (sulfide) groups is 1. The summed E-state index contributed by atoms with van der Waals surface area (Å²) >= 11 is 5.91. The number of hydrogen-bond donors (Lipinski definition) is 0. The molecule has 6 heteroatoms. The first-order valence-corrected chi connectivity index (χ1v) is 6.45. The van der Waals surface area contributed by atoms with E-state index < -0.39 is 5.51 Å². The molecule has 1 heterocycles. The largest absolute Gasteiger partial charge is 0.446 e. The molecule has 0 atom stereocenters. The van der Waals surface area contributed by atoms with E-state index >= 15 is 0 Å². The summed E-state index contributed by atoms with van der Waals surface area (Å²) in [5, 5.41) is 0.512. The summed E-state index contributed by atoms with van der Waals surface area (Å²) in [4.78, 5) is 2.21. The highest BCUT2D eigenvalue weighted by molar-refractivity contribution is 8.00. The van der Waals surface area contributed by atoms with Crippen molar-refractivity contribution in [1.82, 2.24) is 0 Å². The maximum atomic E-state index is 12.3. The molecular formula is C11H11ClF3NS. The van der Waals surface area contributed by atoms with Gasteiger partial charge in [-0.2, -0.15) is 13.2 Å². The van der Waals surface area contributed by atoms with Gasteiger partial charge in [0, 0.05) is 18.0 Å². The second-order valence-corrected chi connectivity index (χ2v) is 5.40. The molecule has 1 aliphatic rings. The topological polar surface area (TPSA) is 3.24 Å².